The molecule has 1 rings (SSSR count). The number of rotatable bonds is 6. The molecule has 1 aromatic rings. The van der Waals surface area contributed by atoms with Crippen molar-refractivity contribution in [3.05, 3.63) is 35.4 Å². The molecule has 4 N–H and O–H groups in total. The third kappa shape index (κ3) is 13.7. The van der Waals surface area contributed by atoms with E-state index in [1.165, 1.54) is 30.7 Å². The third-order valence-electron chi connectivity index (χ3n) is 2.86. The molecule has 0 heterocycles. The first-order chi connectivity index (χ1) is 11.5. The van der Waals surface area contributed by atoms with Crippen molar-refractivity contribution in [1.29, 1.82) is 0 Å². The van der Waals surface area contributed by atoms with Crippen molar-refractivity contribution in [2.45, 2.75) is 53.1 Å². The highest BCUT2D eigenvalue weighted by Crippen LogP contribution is 2.07. The van der Waals surface area contributed by atoms with Crippen molar-refractivity contribution < 1.29 is 34.8 Å². The first kappa shape index (κ1) is 24.8. The molecule has 1 atom stereocenters. The van der Waals surface area contributed by atoms with Crippen LogP contribution in [0.2, 0.25) is 0 Å². The second-order valence-electron chi connectivity index (χ2n) is 5.64. The Bertz CT molecular complexity index is 503. The fraction of sp³-hybridized carbons (Fsp3) is 0.500. The van der Waals surface area contributed by atoms with Gasteiger partial charge in [-0.25, -0.2) is 9.59 Å². The van der Waals surface area contributed by atoms with Crippen LogP contribution in [0, 0.1) is 5.92 Å². The fourth-order valence-corrected chi connectivity index (χ4v) is 1.36. The quantitative estimate of drug-likeness (QED) is 0.614. The van der Waals surface area contributed by atoms with E-state index in [2.05, 4.69) is 6.92 Å². The number of hydrogen-bond acceptors (Lipinski definition) is 4. The summed E-state index contributed by atoms with van der Waals surface area (Å²) in [6, 6.07) is 5.48. The molecular weight excluding hydrogens is 328 g/mol. The van der Waals surface area contributed by atoms with Crippen LogP contribution in [0.5, 0.6) is 0 Å². The van der Waals surface area contributed by atoms with E-state index in [-0.39, 0.29) is 23.1 Å². The molecule has 0 saturated carbocycles. The Balaban J connectivity index is 0. The molecule has 0 aromatic heterocycles. The Kier molecular flexibility index (Phi) is 13.9. The topological polar surface area (TPSA) is 132 Å². The summed E-state index contributed by atoms with van der Waals surface area (Å²) in [7, 11) is 0. The summed E-state index contributed by atoms with van der Waals surface area (Å²) in [4.78, 5) is 30.6. The van der Waals surface area contributed by atoms with Crippen LogP contribution in [-0.4, -0.2) is 44.4 Å². The molecule has 0 aliphatic heterocycles. The van der Waals surface area contributed by atoms with Crippen LogP contribution in [0.15, 0.2) is 24.3 Å². The number of aromatic carboxylic acids is 2. The van der Waals surface area contributed by atoms with Gasteiger partial charge in [-0.3, -0.25) is 4.79 Å². The van der Waals surface area contributed by atoms with E-state index in [9.17, 15) is 14.4 Å². The minimum absolute atomic E-state index is 0.0973. The predicted octanol–water partition coefficient (Wildman–Crippen LogP) is 3.37. The normalized spacial score (nSPS) is 10.6. The Morgan fingerprint density at radius 3 is 1.44 bits per heavy atom. The zero-order valence-corrected chi connectivity index (χ0v) is 15.1. The van der Waals surface area contributed by atoms with Crippen LogP contribution in [-0.2, 0) is 4.79 Å². The second-order valence-corrected chi connectivity index (χ2v) is 5.64. The molecule has 25 heavy (non-hydrogen) atoms. The number of aliphatic carboxylic acids is 1. The van der Waals surface area contributed by atoms with E-state index in [1.54, 1.807) is 13.8 Å². The van der Waals surface area contributed by atoms with Gasteiger partial charge in [0.15, 0.2) is 0 Å². The SMILES string of the molecule is CC(C)C(=O)O.CCCCC(C)O.O=C(O)c1ccccc1C(=O)O. The van der Waals surface area contributed by atoms with Crippen molar-refractivity contribution in [2.75, 3.05) is 0 Å². The van der Waals surface area contributed by atoms with Crippen molar-refractivity contribution in [3.8, 4) is 0 Å². The Labute approximate surface area is 147 Å². The molecule has 0 aliphatic rings. The van der Waals surface area contributed by atoms with E-state index in [0.29, 0.717) is 0 Å². The maximum Gasteiger partial charge on any atom is 0.336 e. The number of carboxylic acids is 3. The highest BCUT2D eigenvalue weighted by Gasteiger charge is 2.13. The summed E-state index contributed by atoms with van der Waals surface area (Å²) in [6.07, 6.45) is 3.19. The number of carbonyl (C=O) groups is 3. The van der Waals surface area contributed by atoms with Gasteiger partial charge < -0.3 is 20.4 Å². The Morgan fingerprint density at radius 1 is 0.920 bits per heavy atom. The standard InChI is InChI=1S/C8H6O4.C6H14O.C4H8O2/c9-7(10)5-3-1-2-4-6(5)8(11)12;1-3-4-5-6(2)7;1-3(2)4(5)6/h1-4H,(H,9,10)(H,11,12);6-7H,3-5H2,1-2H3;3H,1-2H3,(H,5,6). The molecule has 0 saturated heterocycles. The van der Waals surface area contributed by atoms with Crippen LogP contribution in [0.25, 0.3) is 0 Å². The fourth-order valence-electron chi connectivity index (χ4n) is 1.36. The van der Waals surface area contributed by atoms with Gasteiger partial charge >= 0.3 is 17.9 Å². The molecule has 0 spiro atoms. The summed E-state index contributed by atoms with van der Waals surface area (Å²) in [6.45, 7) is 7.24. The smallest absolute Gasteiger partial charge is 0.336 e. The first-order valence-corrected chi connectivity index (χ1v) is 8.00. The molecule has 0 fully saturated rings. The van der Waals surface area contributed by atoms with Crippen molar-refractivity contribution in [2.24, 2.45) is 5.92 Å². The summed E-state index contributed by atoms with van der Waals surface area (Å²) >= 11 is 0. The van der Waals surface area contributed by atoms with Gasteiger partial charge in [-0.15, -0.1) is 0 Å². The summed E-state index contributed by atoms with van der Waals surface area (Å²) in [5.74, 6) is -3.43. The van der Waals surface area contributed by atoms with Gasteiger partial charge in [-0.05, 0) is 25.5 Å². The lowest BCUT2D eigenvalue weighted by Crippen LogP contribution is -2.06. The molecule has 7 nitrogen and oxygen atoms in total. The molecule has 1 aromatic carbocycles. The highest BCUT2D eigenvalue weighted by molar-refractivity contribution is 6.01. The number of unbranched alkanes of at least 4 members (excludes halogenated alkanes) is 1. The van der Waals surface area contributed by atoms with Gasteiger partial charge in [-0.1, -0.05) is 45.7 Å². The van der Waals surface area contributed by atoms with Crippen molar-refractivity contribution >= 4 is 17.9 Å². The lowest BCUT2D eigenvalue weighted by atomic mass is 10.1. The highest BCUT2D eigenvalue weighted by atomic mass is 16.4. The maximum atomic E-state index is 10.5. The Hall–Kier alpha value is -2.41. The zero-order valence-electron chi connectivity index (χ0n) is 15.1. The molecule has 0 aliphatic carbocycles. The minimum atomic E-state index is -1.23. The number of benzene rings is 1. The van der Waals surface area contributed by atoms with E-state index in [4.69, 9.17) is 20.4 Å². The van der Waals surface area contributed by atoms with E-state index >= 15 is 0 Å². The predicted molar refractivity (Wildman–Crippen MR) is 94.0 cm³/mol. The van der Waals surface area contributed by atoms with Gasteiger partial charge in [0, 0.05) is 0 Å². The number of carboxylic acid groups (broad SMARTS) is 3. The number of aliphatic hydroxyl groups excluding tert-OH is 1. The number of hydrogen-bond donors (Lipinski definition) is 4. The van der Waals surface area contributed by atoms with Gasteiger partial charge in [-0.2, -0.15) is 0 Å². The molecule has 0 amide bonds. The van der Waals surface area contributed by atoms with Gasteiger partial charge in [0.05, 0.1) is 23.1 Å². The molecular formula is C18H28O7. The third-order valence-corrected chi connectivity index (χ3v) is 2.86. The van der Waals surface area contributed by atoms with Crippen LogP contribution in [0.1, 0.15) is 67.7 Å². The zero-order chi connectivity index (χ0) is 20.0. The molecule has 142 valence electrons. The molecule has 0 bridgehead atoms. The van der Waals surface area contributed by atoms with E-state index < -0.39 is 17.9 Å². The Morgan fingerprint density at radius 2 is 1.28 bits per heavy atom. The monoisotopic (exact) mass is 356 g/mol. The summed E-state index contributed by atoms with van der Waals surface area (Å²) in [5.41, 5.74) is -0.380. The van der Waals surface area contributed by atoms with Crippen LogP contribution >= 0.6 is 0 Å². The summed E-state index contributed by atoms with van der Waals surface area (Å²) < 4.78 is 0. The van der Waals surface area contributed by atoms with E-state index in [0.717, 1.165) is 12.8 Å². The largest absolute Gasteiger partial charge is 0.481 e. The van der Waals surface area contributed by atoms with Gasteiger partial charge in [0.2, 0.25) is 0 Å². The molecule has 7 heteroatoms. The summed E-state index contributed by atoms with van der Waals surface area (Å²) in [5, 5.41) is 33.8. The van der Waals surface area contributed by atoms with Crippen LogP contribution in [0.3, 0.4) is 0 Å². The average molecular weight is 356 g/mol. The van der Waals surface area contributed by atoms with Gasteiger partial charge in [0.25, 0.3) is 0 Å². The molecule has 0 radical (unpaired) electrons. The van der Waals surface area contributed by atoms with Crippen LogP contribution < -0.4 is 0 Å². The van der Waals surface area contributed by atoms with E-state index in [1.807, 2.05) is 6.92 Å². The lowest BCUT2D eigenvalue weighted by molar-refractivity contribution is -0.140. The molecule has 1 unspecified atom stereocenters. The average Bonchev–Trinajstić information content (AvgIpc) is 2.53. The number of aliphatic hydroxyl groups is 1. The van der Waals surface area contributed by atoms with Crippen molar-refractivity contribution in [3.63, 3.8) is 0 Å². The second kappa shape index (κ2) is 14.0. The minimum Gasteiger partial charge on any atom is -0.481 e. The first-order valence-electron chi connectivity index (χ1n) is 8.00. The van der Waals surface area contributed by atoms with Crippen molar-refractivity contribution in [1.82, 2.24) is 0 Å². The lowest BCUT2D eigenvalue weighted by Gasteiger charge is -1.98. The van der Waals surface area contributed by atoms with Gasteiger partial charge in [0.1, 0.15) is 0 Å². The maximum absolute atomic E-state index is 10.5. The van der Waals surface area contributed by atoms with Crippen LogP contribution in [0.4, 0.5) is 0 Å².